The molecule has 0 aromatic rings. The van der Waals surface area contributed by atoms with Gasteiger partial charge in [-0.2, -0.15) is 0 Å². The van der Waals surface area contributed by atoms with Gasteiger partial charge in [0, 0.05) is 19.0 Å². The zero-order valence-corrected chi connectivity index (χ0v) is 13.3. The summed E-state index contributed by atoms with van der Waals surface area (Å²) >= 11 is 0. The smallest absolute Gasteiger partial charge is 0.242 e. The van der Waals surface area contributed by atoms with E-state index in [1.165, 1.54) is 12.8 Å². The van der Waals surface area contributed by atoms with Crippen LogP contribution in [0.25, 0.3) is 0 Å². The second-order valence-electron chi connectivity index (χ2n) is 7.91. The molecule has 1 saturated heterocycles. The van der Waals surface area contributed by atoms with Crippen LogP contribution in [0.4, 0.5) is 0 Å². The molecule has 0 aromatic carbocycles. The highest BCUT2D eigenvalue weighted by Gasteiger charge is 2.47. The molecule has 4 heteroatoms. The van der Waals surface area contributed by atoms with Gasteiger partial charge >= 0.3 is 0 Å². The molecule has 0 radical (unpaired) electrons. The van der Waals surface area contributed by atoms with E-state index in [4.69, 9.17) is 5.73 Å². The average Bonchev–Trinajstić information content (AvgIpc) is 2.45. The highest BCUT2D eigenvalue weighted by molar-refractivity contribution is 5.86. The van der Waals surface area contributed by atoms with Crippen molar-refractivity contribution in [3.8, 4) is 0 Å². The van der Waals surface area contributed by atoms with Gasteiger partial charge in [-0.15, -0.1) is 0 Å². The highest BCUT2D eigenvalue weighted by Crippen LogP contribution is 2.41. The van der Waals surface area contributed by atoms with E-state index in [-0.39, 0.29) is 11.8 Å². The summed E-state index contributed by atoms with van der Waals surface area (Å²) in [6, 6.07) is 0. The van der Waals surface area contributed by atoms with E-state index in [0.717, 1.165) is 44.9 Å². The zero-order valence-electron chi connectivity index (χ0n) is 13.3. The Morgan fingerprint density at radius 2 is 2.00 bits per heavy atom. The number of rotatable bonds is 1. The van der Waals surface area contributed by atoms with Crippen LogP contribution in [-0.2, 0) is 4.79 Å². The van der Waals surface area contributed by atoms with Crippen LogP contribution in [0.3, 0.4) is 0 Å². The molecule has 0 bridgehead atoms. The predicted molar refractivity (Wildman–Crippen MR) is 82.7 cm³/mol. The van der Waals surface area contributed by atoms with Gasteiger partial charge in [-0.3, -0.25) is 4.79 Å². The maximum atomic E-state index is 12.9. The number of nitrogens with zero attached hydrogens (tertiary/aromatic N) is 1. The largest absolute Gasteiger partial charge is 0.389 e. The van der Waals surface area contributed by atoms with Crippen molar-refractivity contribution < 1.29 is 9.90 Å². The summed E-state index contributed by atoms with van der Waals surface area (Å²) in [4.78, 5) is 14.9. The molecule has 3 rings (SSSR count). The number of nitrogens with two attached hydrogens (primary N) is 1. The Bertz CT molecular complexity index is 414. The first-order chi connectivity index (χ1) is 9.93. The number of piperidine rings is 1. The monoisotopic (exact) mass is 294 g/mol. The van der Waals surface area contributed by atoms with Crippen molar-refractivity contribution in [1.29, 1.82) is 0 Å². The fraction of sp³-hybridized carbons (Fsp3) is 0.941. The molecular formula is C17H30N2O2. The first kappa shape index (κ1) is 15.3. The van der Waals surface area contributed by atoms with Gasteiger partial charge in [-0.1, -0.05) is 32.6 Å². The van der Waals surface area contributed by atoms with Crippen molar-refractivity contribution in [3.05, 3.63) is 0 Å². The fourth-order valence-corrected chi connectivity index (χ4v) is 4.86. The lowest BCUT2D eigenvalue weighted by Gasteiger charge is -2.49. The lowest BCUT2D eigenvalue weighted by atomic mass is 9.70. The maximum absolute atomic E-state index is 12.9. The number of aliphatic hydroxyl groups is 1. The van der Waals surface area contributed by atoms with Crippen molar-refractivity contribution in [2.45, 2.75) is 75.9 Å². The first-order valence-electron chi connectivity index (χ1n) is 8.74. The average molecular weight is 294 g/mol. The summed E-state index contributed by atoms with van der Waals surface area (Å²) in [6.07, 6.45) is 8.88. The van der Waals surface area contributed by atoms with Gasteiger partial charge in [0.05, 0.1) is 11.1 Å². The number of likely N-dealkylation sites (tertiary alicyclic amines) is 1. The van der Waals surface area contributed by atoms with Crippen molar-refractivity contribution in [1.82, 2.24) is 4.90 Å². The Balaban J connectivity index is 1.68. The molecule has 2 saturated carbocycles. The van der Waals surface area contributed by atoms with Gasteiger partial charge < -0.3 is 15.7 Å². The molecule has 3 fully saturated rings. The second kappa shape index (κ2) is 5.54. The summed E-state index contributed by atoms with van der Waals surface area (Å²) in [7, 11) is 0. The van der Waals surface area contributed by atoms with Crippen molar-refractivity contribution >= 4 is 5.91 Å². The summed E-state index contributed by atoms with van der Waals surface area (Å²) in [5.41, 5.74) is 5.30. The minimum absolute atomic E-state index is 0.140. The standard InChI is InChI=1S/C17H30N2O2/c1-13-5-4-7-16(18,11-13)15(20)19-10-9-17(21)8-3-2-6-14(17)12-19/h13-14,21H,2-12,18H2,1H3. The number of hydrogen-bond donors (Lipinski definition) is 2. The van der Waals surface area contributed by atoms with E-state index in [1.54, 1.807) is 0 Å². The molecule has 0 aromatic heterocycles. The third kappa shape index (κ3) is 2.85. The minimum Gasteiger partial charge on any atom is -0.389 e. The van der Waals surface area contributed by atoms with E-state index in [1.807, 2.05) is 4.90 Å². The summed E-state index contributed by atoms with van der Waals surface area (Å²) < 4.78 is 0. The van der Waals surface area contributed by atoms with Crippen LogP contribution in [0, 0.1) is 11.8 Å². The molecule has 3 N–H and O–H groups in total. The number of carbonyl (C=O) groups is 1. The van der Waals surface area contributed by atoms with Crippen LogP contribution in [0.2, 0.25) is 0 Å². The number of carbonyl (C=O) groups excluding carboxylic acids is 1. The van der Waals surface area contributed by atoms with Gasteiger partial charge in [0.25, 0.3) is 0 Å². The molecule has 2 aliphatic carbocycles. The summed E-state index contributed by atoms with van der Waals surface area (Å²) in [5, 5.41) is 10.7. The van der Waals surface area contributed by atoms with E-state index < -0.39 is 11.1 Å². The quantitative estimate of drug-likeness (QED) is 0.778. The number of hydrogen-bond acceptors (Lipinski definition) is 3. The van der Waals surface area contributed by atoms with Gasteiger partial charge in [0.15, 0.2) is 0 Å². The van der Waals surface area contributed by atoms with Crippen molar-refractivity contribution in [2.75, 3.05) is 13.1 Å². The normalized spacial score (nSPS) is 44.2. The molecular weight excluding hydrogens is 264 g/mol. The van der Waals surface area contributed by atoms with E-state index in [0.29, 0.717) is 19.0 Å². The van der Waals surface area contributed by atoms with Crippen LogP contribution in [0.1, 0.15) is 64.7 Å². The Labute approximate surface area is 128 Å². The molecule has 0 spiro atoms. The third-order valence-corrected chi connectivity index (χ3v) is 6.17. The SMILES string of the molecule is CC1CCCC(N)(C(=O)N2CCC3(O)CCCCC3C2)C1. The Morgan fingerprint density at radius 1 is 1.19 bits per heavy atom. The Hall–Kier alpha value is -0.610. The maximum Gasteiger partial charge on any atom is 0.242 e. The van der Waals surface area contributed by atoms with Crippen LogP contribution in [0.5, 0.6) is 0 Å². The minimum atomic E-state index is -0.651. The summed E-state index contributed by atoms with van der Waals surface area (Å²) in [6.45, 7) is 3.59. The number of fused-ring (bicyclic) bond motifs is 1. The van der Waals surface area contributed by atoms with Crippen molar-refractivity contribution in [3.63, 3.8) is 0 Å². The molecule has 3 aliphatic rings. The zero-order chi connectivity index (χ0) is 15.1. The lowest BCUT2D eigenvalue weighted by molar-refractivity contribution is -0.150. The van der Waals surface area contributed by atoms with Gasteiger partial charge in [0.2, 0.25) is 5.91 Å². The topological polar surface area (TPSA) is 66.6 Å². The van der Waals surface area contributed by atoms with E-state index >= 15 is 0 Å². The molecule has 21 heavy (non-hydrogen) atoms. The first-order valence-corrected chi connectivity index (χ1v) is 8.74. The molecule has 4 atom stereocenters. The fourth-order valence-electron chi connectivity index (χ4n) is 4.86. The van der Waals surface area contributed by atoms with Crippen molar-refractivity contribution in [2.24, 2.45) is 17.6 Å². The third-order valence-electron chi connectivity index (χ3n) is 6.17. The molecule has 1 heterocycles. The molecule has 1 amide bonds. The van der Waals surface area contributed by atoms with Gasteiger partial charge in [-0.05, 0) is 38.0 Å². The highest BCUT2D eigenvalue weighted by atomic mass is 16.3. The Morgan fingerprint density at radius 3 is 2.76 bits per heavy atom. The van der Waals surface area contributed by atoms with E-state index in [2.05, 4.69) is 6.92 Å². The lowest BCUT2D eigenvalue weighted by Crippen LogP contribution is -2.62. The van der Waals surface area contributed by atoms with Crippen LogP contribution < -0.4 is 5.73 Å². The van der Waals surface area contributed by atoms with Gasteiger partial charge in [-0.25, -0.2) is 0 Å². The molecule has 1 aliphatic heterocycles. The predicted octanol–water partition coefficient (Wildman–Crippen LogP) is 2.05. The van der Waals surface area contributed by atoms with Gasteiger partial charge in [0.1, 0.15) is 0 Å². The number of amides is 1. The Kier molecular flexibility index (Phi) is 4.04. The van der Waals surface area contributed by atoms with Crippen LogP contribution >= 0.6 is 0 Å². The second-order valence-corrected chi connectivity index (χ2v) is 7.91. The van der Waals surface area contributed by atoms with E-state index in [9.17, 15) is 9.90 Å². The van der Waals surface area contributed by atoms with Crippen LogP contribution in [0.15, 0.2) is 0 Å². The molecule has 4 unspecified atom stereocenters. The molecule has 120 valence electrons. The molecule has 4 nitrogen and oxygen atoms in total. The van der Waals surface area contributed by atoms with Crippen LogP contribution in [-0.4, -0.2) is 40.1 Å². The summed E-state index contributed by atoms with van der Waals surface area (Å²) in [5.74, 6) is 0.944.